The number of fused-ring (bicyclic) bond motifs is 2. The van der Waals surface area contributed by atoms with Gasteiger partial charge in [-0.25, -0.2) is 13.2 Å². The van der Waals surface area contributed by atoms with E-state index in [4.69, 9.17) is 0 Å². The van der Waals surface area contributed by atoms with E-state index in [0.29, 0.717) is 12.8 Å². The van der Waals surface area contributed by atoms with Gasteiger partial charge in [-0.2, -0.15) is 4.31 Å². The largest absolute Gasteiger partial charge is 0.338 e. The SMILES string of the molecule is O=C(CN1C(=O)NC2(CCc3ccccc32)C1=O)N1CCN(S(=O)(=O)C=Cc2ccccc2)CC1. The van der Waals surface area contributed by atoms with Gasteiger partial charge in [0.15, 0.2) is 0 Å². The minimum absolute atomic E-state index is 0.144. The molecule has 2 heterocycles. The normalized spacial score (nSPS) is 22.7. The Balaban J connectivity index is 1.20. The molecule has 35 heavy (non-hydrogen) atoms. The Morgan fingerprint density at radius 1 is 0.971 bits per heavy atom. The van der Waals surface area contributed by atoms with Crippen molar-refractivity contribution in [1.82, 2.24) is 19.4 Å². The summed E-state index contributed by atoms with van der Waals surface area (Å²) in [5.41, 5.74) is 1.48. The van der Waals surface area contributed by atoms with Crippen LogP contribution in [0.1, 0.15) is 23.1 Å². The van der Waals surface area contributed by atoms with Crippen LogP contribution in [-0.4, -0.2) is 73.1 Å². The second-order valence-corrected chi connectivity index (χ2v) is 10.7. The first-order chi connectivity index (χ1) is 16.8. The fourth-order valence-corrected chi connectivity index (χ4v) is 6.15. The van der Waals surface area contributed by atoms with Gasteiger partial charge in [0.1, 0.15) is 12.1 Å². The maximum atomic E-state index is 13.3. The minimum Gasteiger partial charge on any atom is -0.338 e. The van der Waals surface area contributed by atoms with E-state index >= 15 is 0 Å². The Labute approximate surface area is 204 Å². The number of rotatable bonds is 5. The van der Waals surface area contributed by atoms with Crippen molar-refractivity contribution in [2.45, 2.75) is 18.4 Å². The molecule has 10 heteroatoms. The van der Waals surface area contributed by atoms with Crippen LogP contribution in [0.5, 0.6) is 0 Å². The Kier molecular flexibility index (Phi) is 5.94. The number of amides is 4. The molecule has 4 amide bonds. The van der Waals surface area contributed by atoms with Gasteiger partial charge in [-0.15, -0.1) is 0 Å². The standard InChI is InChI=1S/C25H26N4O5S/c30-22(18-29-23(31)25(26-24(29)32)12-10-20-8-4-5-9-21(20)25)27-13-15-28(16-14-27)35(33,34)17-11-19-6-2-1-3-7-19/h1-9,11,17H,10,12-16,18H2,(H,26,32). The molecule has 1 unspecified atom stereocenters. The van der Waals surface area contributed by atoms with E-state index < -0.39 is 27.5 Å². The Morgan fingerprint density at radius 2 is 1.66 bits per heavy atom. The van der Waals surface area contributed by atoms with Crippen LogP contribution < -0.4 is 5.32 Å². The van der Waals surface area contributed by atoms with Crippen molar-refractivity contribution in [2.75, 3.05) is 32.7 Å². The predicted octanol–water partition coefficient (Wildman–Crippen LogP) is 1.52. The molecule has 0 aromatic heterocycles. The van der Waals surface area contributed by atoms with Crippen LogP contribution in [0.25, 0.3) is 6.08 Å². The van der Waals surface area contributed by atoms with Crippen molar-refractivity contribution in [2.24, 2.45) is 0 Å². The molecule has 2 aromatic carbocycles. The average Bonchev–Trinajstić information content (AvgIpc) is 3.36. The van der Waals surface area contributed by atoms with Crippen LogP contribution in [0.4, 0.5) is 4.79 Å². The van der Waals surface area contributed by atoms with Gasteiger partial charge in [0, 0.05) is 31.6 Å². The van der Waals surface area contributed by atoms with Crippen molar-refractivity contribution >= 4 is 33.9 Å². The van der Waals surface area contributed by atoms with E-state index in [-0.39, 0.29) is 38.6 Å². The highest BCUT2D eigenvalue weighted by Gasteiger charge is 2.55. The van der Waals surface area contributed by atoms with E-state index in [2.05, 4.69) is 5.32 Å². The second kappa shape index (κ2) is 8.94. The van der Waals surface area contributed by atoms with Gasteiger partial charge in [0.2, 0.25) is 15.9 Å². The fourth-order valence-electron chi connectivity index (χ4n) is 4.98. The number of piperazine rings is 1. The molecule has 2 aliphatic heterocycles. The topological polar surface area (TPSA) is 107 Å². The van der Waals surface area contributed by atoms with Crippen molar-refractivity contribution < 1.29 is 22.8 Å². The minimum atomic E-state index is -3.63. The molecule has 1 aliphatic carbocycles. The molecule has 0 saturated carbocycles. The molecule has 5 rings (SSSR count). The first kappa shape index (κ1) is 23.3. The van der Waals surface area contributed by atoms with Gasteiger partial charge in [-0.3, -0.25) is 14.5 Å². The zero-order valence-electron chi connectivity index (χ0n) is 19.1. The highest BCUT2D eigenvalue weighted by atomic mass is 32.2. The number of imide groups is 1. The molecule has 182 valence electrons. The Morgan fingerprint density at radius 3 is 2.40 bits per heavy atom. The molecule has 1 atom stereocenters. The van der Waals surface area contributed by atoms with E-state index in [1.54, 1.807) is 6.08 Å². The number of aryl methyl sites for hydroxylation is 1. The third-order valence-corrected chi connectivity index (χ3v) is 8.46. The summed E-state index contributed by atoms with van der Waals surface area (Å²) >= 11 is 0. The van der Waals surface area contributed by atoms with Gasteiger partial charge in [-0.1, -0.05) is 54.6 Å². The van der Waals surface area contributed by atoms with Gasteiger partial charge < -0.3 is 10.2 Å². The van der Waals surface area contributed by atoms with E-state index in [0.717, 1.165) is 21.6 Å². The zero-order chi connectivity index (χ0) is 24.6. The van der Waals surface area contributed by atoms with Gasteiger partial charge in [-0.05, 0) is 35.6 Å². The van der Waals surface area contributed by atoms with Gasteiger partial charge in [0.05, 0.1) is 0 Å². The molecule has 1 spiro atoms. The van der Waals surface area contributed by atoms with Gasteiger partial charge in [0.25, 0.3) is 5.91 Å². The Hall–Kier alpha value is -3.50. The maximum Gasteiger partial charge on any atom is 0.325 e. The number of hydrogen-bond donors (Lipinski definition) is 1. The van der Waals surface area contributed by atoms with Crippen molar-refractivity contribution in [3.63, 3.8) is 0 Å². The first-order valence-corrected chi connectivity index (χ1v) is 13.0. The number of sulfonamides is 1. The summed E-state index contributed by atoms with van der Waals surface area (Å²) in [4.78, 5) is 41.4. The molecule has 9 nitrogen and oxygen atoms in total. The lowest BCUT2D eigenvalue weighted by atomic mass is 9.92. The number of carbonyl (C=O) groups is 3. The number of carbonyl (C=O) groups excluding carboxylic acids is 3. The highest BCUT2D eigenvalue weighted by Crippen LogP contribution is 2.41. The highest BCUT2D eigenvalue weighted by molar-refractivity contribution is 7.92. The molecule has 1 N–H and O–H groups in total. The molecular formula is C25H26N4O5S. The maximum absolute atomic E-state index is 13.3. The summed E-state index contributed by atoms with van der Waals surface area (Å²) in [5.74, 6) is -0.790. The summed E-state index contributed by atoms with van der Waals surface area (Å²) < 4.78 is 26.7. The number of benzene rings is 2. The number of nitrogens with zero attached hydrogens (tertiary/aromatic N) is 3. The van der Waals surface area contributed by atoms with Gasteiger partial charge >= 0.3 is 6.03 Å². The summed E-state index contributed by atoms with van der Waals surface area (Å²) in [6.45, 7) is 0.300. The van der Waals surface area contributed by atoms with Crippen LogP contribution >= 0.6 is 0 Å². The smallest absolute Gasteiger partial charge is 0.325 e. The van der Waals surface area contributed by atoms with Crippen molar-refractivity contribution in [3.05, 3.63) is 76.7 Å². The lowest BCUT2D eigenvalue weighted by Crippen LogP contribution is -2.53. The molecule has 2 saturated heterocycles. The molecule has 3 aliphatic rings. The quantitative estimate of drug-likeness (QED) is 0.635. The van der Waals surface area contributed by atoms with Crippen LogP contribution in [0.15, 0.2) is 60.0 Å². The number of urea groups is 1. The third-order valence-electron chi connectivity index (χ3n) is 6.90. The molecule has 2 aromatic rings. The lowest BCUT2D eigenvalue weighted by Gasteiger charge is -2.34. The van der Waals surface area contributed by atoms with Crippen LogP contribution in [-0.2, 0) is 31.6 Å². The summed E-state index contributed by atoms with van der Waals surface area (Å²) in [5, 5.41) is 3.99. The predicted molar refractivity (Wildman–Crippen MR) is 129 cm³/mol. The zero-order valence-corrected chi connectivity index (χ0v) is 19.9. The average molecular weight is 495 g/mol. The van der Waals surface area contributed by atoms with E-state index in [1.807, 2.05) is 54.6 Å². The molecule has 0 bridgehead atoms. The summed E-state index contributed by atoms with van der Waals surface area (Å²) in [7, 11) is -3.63. The summed E-state index contributed by atoms with van der Waals surface area (Å²) in [6.07, 6.45) is 2.69. The van der Waals surface area contributed by atoms with Crippen LogP contribution in [0, 0.1) is 0 Å². The van der Waals surface area contributed by atoms with E-state index in [1.165, 1.54) is 14.6 Å². The molecular weight excluding hydrogens is 468 g/mol. The fraction of sp³-hybridized carbons (Fsp3) is 0.320. The van der Waals surface area contributed by atoms with Crippen LogP contribution in [0.2, 0.25) is 0 Å². The molecule has 0 radical (unpaired) electrons. The van der Waals surface area contributed by atoms with Crippen LogP contribution in [0.3, 0.4) is 0 Å². The summed E-state index contributed by atoms with van der Waals surface area (Å²) in [6, 6.07) is 16.1. The lowest BCUT2D eigenvalue weighted by molar-refractivity contribution is -0.139. The Bertz CT molecular complexity index is 1300. The number of hydrogen-bond acceptors (Lipinski definition) is 5. The second-order valence-electron chi connectivity index (χ2n) is 8.92. The molecule has 2 fully saturated rings. The first-order valence-electron chi connectivity index (χ1n) is 11.5. The third kappa shape index (κ3) is 4.23. The number of nitrogens with one attached hydrogen (secondary N) is 1. The van der Waals surface area contributed by atoms with Crippen molar-refractivity contribution in [3.8, 4) is 0 Å². The monoisotopic (exact) mass is 494 g/mol. The van der Waals surface area contributed by atoms with Crippen molar-refractivity contribution in [1.29, 1.82) is 0 Å². The van der Waals surface area contributed by atoms with E-state index in [9.17, 15) is 22.8 Å².